The molecular formula is C19H47N3O. The minimum Gasteiger partial charge on any atom is -0.379 e. The summed E-state index contributed by atoms with van der Waals surface area (Å²) in [4.78, 5) is 7.02. The average Bonchev–Trinajstić information content (AvgIpc) is 2.93. The van der Waals surface area contributed by atoms with Gasteiger partial charge in [-0.15, -0.1) is 0 Å². The summed E-state index contributed by atoms with van der Waals surface area (Å²) >= 11 is 0. The maximum atomic E-state index is 5.10. The lowest BCUT2D eigenvalue weighted by Gasteiger charge is -2.21. The molecule has 0 unspecified atom stereocenters. The number of rotatable bonds is 0. The predicted octanol–water partition coefficient (Wildman–Crippen LogP) is 3.67. The van der Waals surface area contributed by atoms with E-state index in [2.05, 4.69) is 35.8 Å². The van der Waals surface area contributed by atoms with Crippen LogP contribution in [0.1, 0.15) is 54.4 Å². The number of likely N-dealkylation sites (N-methyl/N-ethyl adjacent to an activating group) is 1. The molecule has 23 heavy (non-hydrogen) atoms. The Bertz CT molecular complexity index is 193. The molecule has 0 amide bonds. The van der Waals surface area contributed by atoms with Gasteiger partial charge in [0.25, 0.3) is 0 Å². The highest BCUT2D eigenvalue weighted by Gasteiger charge is 2.03. The van der Waals surface area contributed by atoms with Crippen molar-refractivity contribution in [2.24, 2.45) is 0 Å². The van der Waals surface area contributed by atoms with Crippen molar-refractivity contribution >= 4 is 0 Å². The Morgan fingerprint density at radius 2 is 0.783 bits per heavy atom. The highest BCUT2D eigenvalue weighted by Crippen LogP contribution is 2.04. The molecule has 4 heteroatoms. The normalized spacial score (nSPS) is 22.0. The van der Waals surface area contributed by atoms with Crippen LogP contribution in [0, 0.1) is 0 Å². The fourth-order valence-corrected chi connectivity index (χ4v) is 2.58. The predicted molar refractivity (Wildman–Crippen MR) is 107 cm³/mol. The summed E-state index contributed by atoms with van der Waals surface area (Å²) in [6, 6.07) is 0. The first-order valence-electron chi connectivity index (χ1n) is 8.32. The van der Waals surface area contributed by atoms with Crippen molar-refractivity contribution < 1.29 is 4.74 Å². The Kier molecular flexibility index (Phi) is 21.9. The van der Waals surface area contributed by atoms with Crippen LogP contribution in [0.3, 0.4) is 0 Å². The molecule has 0 aromatic rings. The third kappa shape index (κ3) is 16.5. The van der Waals surface area contributed by atoms with E-state index >= 15 is 0 Å². The first kappa shape index (κ1) is 27.7. The van der Waals surface area contributed by atoms with Gasteiger partial charge in [-0.05, 0) is 73.0 Å². The topological polar surface area (TPSA) is 19.0 Å². The van der Waals surface area contributed by atoms with Gasteiger partial charge in [0.05, 0.1) is 13.2 Å². The van der Waals surface area contributed by atoms with Gasteiger partial charge in [-0.3, -0.25) is 0 Å². The molecule has 0 bridgehead atoms. The first-order valence-corrected chi connectivity index (χ1v) is 8.32. The number of nitrogens with zero attached hydrogens (tertiary/aromatic N) is 3. The van der Waals surface area contributed by atoms with Crippen molar-refractivity contribution in [1.29, 1.82) is 0 Å². The molecule has 0 aliphatic carbocycles. The van der Waals surface area contributed by atoms with Crippen LogP contribution in [0.15, 0.2) is 0 Å². The maximum Gasteiger partial charge on any atom is 0.0594 e. The molecule has 0 atom stereocenters. The van der Waals surface area contributed by atoms with E-state index in [0.717, 1.165) is 26.3 Å². The van der Waals surface area contributed by atoms with Gasteiger partial charge in [0.1, 0.15) is 0 Å². The summed E-state index contributed by atoms with van der Waals surface area (Å²) in [5.41, 5.74) is 0. The van der Waals surface area contributed by atoms with E-state index in [1.807, 2.05) is 0 Å². The number of piperidine rings is 1. The quantitative estimate of drug-likeness (QED) is 0.673. The number of hydrogen-bond donors (Lipinski definition) is 0. The second kappa shape index (κ2) is 18.2. The monoisotopic (exact) mass is 333 g/mol. The lowest BCUT2D eigenvalue weighted by atomic mass is 10.1. The zero-order valence-electron chi connectivity index (χ0n) is 13.9. The Hall–Kier alpha value is -0.160. The summed E-state index contributed by atoms with van der Waals surface area (Å²) in [5.74, 6) is 0. The van der Waals surface area contributed by atoms with Crippen LogP contribution in [0.4, 0.5) is 0 Å². The van der Waals surface area contributed by atoms with E-state index in [0.29, 0.717) is 0 Å². The zero-order valence-corrected chi connectivity index (χ0v) is 13.9. The summed E-state index contributed by atoms with van der Waals surface area (Å²) in [6.07, 6.45) is 7.10. The Morgan fingerprint density at radius 1 is 0.478 bits per heavy atom. The second-order valence-electron chi connectivity index (χ2n) is 6.29. The van der Waals surface area contributed by atoms with Crippen molar-refractivity contribution in [2.45, 2.75) is 54.4 Å². The third-order valence-corrected chi connectivity index (χ3v) is 4.14. The first-order chi connectivity index (χ1) is 9.68. The van der Waals surface area contributed by atoms with E-state index < -0.39 is 0 Å². The molecular weight excluding hydrogens is 286 g/mol. The van der Waals surface area contributed by atoms with Gasteiger partial charge in [0.2, 0.25) is 0 Å². The molecule has 0 spiro atoms. The fourth-order valence-electron chi connectivity index (χ4n) is 2.58. The van der Waals surface area contributed by atoms with Crippen molar-refractivity contribution in [3.05, 3.63) is 0 Å². The van der Waals surface area contributed by atoms with Gasteiger partial charge in [-0.2, -0.15) is 0 Å². The largest absolute Gasteiger partial charge is 0.379 e. The number of likely N-dealkylation sites (tertiary alicyclic amines) is 2. The molecule has 0 N–H and O–H groups in total. The van der Waals surface area contributed by atoms with Gasteiger partial charge in [0, 0.05) is 13.1 Å². The lowest BCUT2D eigenvalue weighted by Crippen LogP contribution is -2.32. The minimum absolute atomic E-state index is 0. The molecule has 3 rings (SSSR count). The van der Waals surface area contributed by atoms with Gasteiger partial charge in [-0.25, -0.2) is 0 Å². The maximum absolute atomic E-state index is 5.10. The van der Waals surface area contributed by atoms with Crippen LogP contribution >= 0.6 is 0 Å². The Morgan fingerprint density at radius 3 is 0.957 bits per heavy atom. The van der Waals surface area contributed by atoms with Crippen LogP contribution in [-0.2, 0) is 4.74 Å². The molecule has 3 saturated heterocycles. The smallest absolute Gasteiger partial charge is 0.0594 e. The van der Waals surface area contributed by atoms with E-state index in [4.69, 9.17) is 4.74 Å². The zero-order chi connectivity index (χ0) is 14.6. The molecule has 0 saturated carbocycles. The van der Waals surface area contributed by atoms with Crippen LogP contribution < -0.4 is 0 Å². The number of morpholine rings is 1. The summed E-state index contributed by atoms with van der Waals surface area (Å²) in [7, 11) is 6.48. The van der Waals surface area contributed by atoms with E-state index in [-0.39, 0.29) is 22.3 Å². The van der Waals surface area contributed by atoms with Crippen LogP contribution in [0.2, 0.25) is 0 Å². The highest BCUT2D eigenvalue weighted by molar-refractivity contribution is 4.59. The molecule has 3 heterocycles. The number of ether oxygens (including phenoxy) is 1. The van der Waals surface area contributed by atoms with Gasteiger partial charge in [0.15, 0.2) is 0 Å². The van der Waals surface area contributed by atoms with Gasteiger partial charge < -0.3 is 19.4 Å². The van der Waals surface area contributed by atoms with Crippen molar-refractivity contribution in [1.82, 2.24) is 14.7 Å². The molecule has 144 valence electrons. The van der Waals surface area contributed by atoms with E-state index in [1.165, 1.54) is 58.3 Å². The van der Waals surface area contributed by atoms with Gasteiger partial charge in [-0.1, -0.05) is 28.7 Å². The van der Waals surface area contributed by atoms with E-state index in [9.17, 15) is 0 Å². The molecule has 3 fully saturated rings. The van der Waals surface area contributed by atoms with Crippen molar-refractivity contribution in [2.75, 3.05) is 73.6 Å². The molecule has 3 aliphatic heterocycles. The van der Waals surface area contributed by atoms with Crippen molar-refractivity contribution in [3.8, 4) is 0 Å². The Labute approximate surface area is 148 Å². The molecule has 0 aromatic carbocycles. The average molecular weight is 334 g/mol. The molecule has 3 aliphatic rings. The number of hydrogen-bond acceptors (Lipinski definition) is 4. The van der Waals surface area contributed by atoms with Crippen molar-refractivity contribution in [3.63, 3.8) is 0 Å². The SMILES string of the molecule is C.C.C.CN1CCCC1.CN1CCCCC1.CN1CCOCC1. The van der Waals surface area contributed by atoms with Crippen LogP contribution in [-0.4, -0.2) is 88.3 Å². The highest BCUT2D eigenvalue weighted by atomic mass is 16.5. The minimum atomic E-state index is 0. The standard InChI is InChI=1S/C6H13N.C5H11NO.C5H11N.3CH4/c1-7-5-3-2-4-6-7;1-6-2-4-7-5-3-6;1-6-4-2-3-5-6;;;/h2-6H2,1H3;2-5H2,1H3;2-5H2,1H3;3*1H4. The third-order valence-electron chi connectivity index (χ3n) is 4.14. The molecule has 0 aromatic heterocycles. The van der Waals surface area contributed by atoms with Gasteiger partial charge >= 0.3 is 0 Å². The summed E-state index contributed by atoms with van der Waals surface area (Å²) in [5, 5.41) is 0. The lowest BCUT2D eigenvalue weighted by molar-refractivity contribution is 0.0503. The second-order valence-corrected chi connectivity index (χ2v) is 6.29. The molecule has 4 nitrogen and oxygen atoms in total. The van der Waals surface area contributed by atoms with E-state index in [1.54, 1.807) is 0 Å². The fraction of sp³-hybridized carbons (Fsp3) is 1.00. The molecule has 0 radical (unpaired) electrons. The summed E-state index contributed by atoms with van der Waals surface area (Å²) < 4.78 is 5.10. The summed E-state index contributed by atoms with van der Waals surface area (Å²) in [6.45, 7) is 9.30. The van der Waals surface area contributed by atoms with Crippen LogP contribution in [0.25, 0.3) is 0 Å². The Balaban J connectivity index is -0.000000246. The van der Waals surface area contributed by atoms with Crippen LogP contribution in [0.5, 0.6) is 0 Å².